The van der Waals surface area contributed by atoms with Crippen LogP contribution in [0.2, 0.25) is 0 Å². The molecule has 0 aliphatic heterocycles. The lowest BCUT2D eigenvalue weighted by Crippen LogP contribution is -2.29. The monoisotopic (exact) mass is 336 g/mol. The summed E-state index contributed by atoms with van der Waals surface area (Å²) in [6.07, 6.45) is 0.504. The van der Waals surface area contributed by atoms with Gasteiger partial charge in [0.1, 0.15) is 5.82 Å². The first-order valence-corrected chi connectivity index (χ1v) is 7.27. The summed E-state index contributed by atoms with van der Waals surface area (Å²) in [7, 11) is 0. The Morgan fingerprint density at radius 2 is 1.90 bits per heavy atom. The third-order valence-electron chi connectivity index (χ3n) is 3.57. The lowest BCUT2D eigenvalue weighted by atomic mass is 9.96. The average molecular weight is 337 g/mol. The van der Waals surface area contributed by atoms with Crippen LogP contribution < -0.4 is 11.3 Å². The molecule has 0 spiro atoms. The van der Waals surface area contributed by atoms with E-state index in [2.05, 4.69) is 47.3 Å². The zero-order valence-electron chi connectivity index (χ0n) is 11.6. The van der Waals surface area contributed by atoms with Gasteiger partial charge in [-0.25, -0.2) is 4.39 Å². The van der Waals surface area contributed by atoms with E-state index in [1.165, 1.54) is 17.2 Å². The van der Waals surface area contributed by atoms with Gasteiger partial charge in [-0.2, -0.15) is 0 Å². The van der Waals surface area contributed by atoms with Crippen LogP contribution in [0.3, 0.4) is 0 Å². The SMILES string of the molecule is Cc1ccc(C(Cc2cc(Br)ccc2F)NN)cc1C. The standard InChI is InChI=1S/C16H18BrFN2/c1-10-3-4-12(7-11(10)2)16(20-19)9-13-8-14(17)5-6-15(13)18/h3-8,16,20H,9,19H2,1-2H3. The second-order valence-corrected chi connectivity index (χ2v) is 5.92. The van der Waals surface area contributed by atoms with Crippen LogP contribution in [-0.2, 0) is 6.42 Å². The minimum absolute atomic E-state index is 0.113. The van der Waals surface area contributed by atoms with Gasteiger partial charge in [0.05, 0.1) is 6.04 Å². The maximum atomic E-state index is 13.8. The Bertz CT molecular complexity index is 613. The highest BCUT2D eigenvalue weighted by atomic mass is 79.9. The largest absolute Gasteiger partial charge is 0.271 e. The summed E-state index contributed by atoms with van der Waals surface area (Å²) >= 11 is 3.37. The summed E-state index contributed by atoms with van der Waals surface area (Å²) in [5, 5.41) is 0. The van der Waals surface area contributed by atoms with E-state index in [1.807, 2.05) is 6.07 Å². The molecule has 0 saturated carbocycles. The van der Waals surface area contributed by atoms with Crippen LogP contribution in [0.15, 0.2) is 40.9 Å². The molecule has 0 aromatic heterocycles. The van der Waals surface area contributed by atoms with Crippen LogP contribution in [0.1, 0.15) is 28.3 Å². The molecule has 20 heavy (non-hydrogen) atoms. The molecule has 0 saturated heterocycles. The van der Waals surface area contributed by atoms with E-state index in [1.54, 1.807) is 12.1 Å². The zero-order valence-corrected chi connectivity index (χ0v) is 13.2. The molecular formula is C16H18BrFN2. The maximum Gasteiger partial charge on any atom is 0.126 e. The molecule has 1 unspecified atom stereocenters. The Morgan fingerprint density at radius 1 is 1.15 bits per heavy atom. The van der Waals surface area contributed by atoms with Crippen molar-refractivity contribution < 1.29 is 4.39 Å². The quantitative estimate of drug-likeness (QED) is 0.655. The molecule has 0 bridgehead atoms. The molecule has 0 aliphatic carbocycles. The Balaban J connectivity index is 2.28. The van der Waals surface area contributed by atoms with Crippen LogP contribution in [0.25, 0.3) is 0 Å². The summed E-state index contributed by atoms with van der Waals surface area (Å²) < 4.78 is 14.7. The van der Waals surface area contributed by atoms with E-state index in [4.69, 9.17) is 5.84 Å². The molecular weight excluding hydrogens is 319 g/mol. The summed E-state index contributed by atoms with van der Waals surface area (Å²) in [4.78, 5) is 0. The van der Waals surface area contributed by atoms with E-state index in [-0.39, 0.29) is 11.9 Å². The number of aryl methyl sites for hydroxylation is 2. The number of rotatable bonds is 4. The lowest BCUT2D eigenvalue weighted by Gasteiger charge is -2.18. The third-order valence-corrected chi connectivity index (χ3v) is 4.06. The molecule has 0 radical (unpaired) electrons. The Kier molecular flexibility index (Phi) is 4.91. The van der Waals surface area contributed by atoms with Gasteiger partial charge in [-0.05, 0) is 60.7 Å². The first-order chi connectivity index (χ1) is 9.51. The molecule has 0 fully saturated rings. The first kappa shape index (κ1) is 15.2. The van der Waals surface area contributed by atoms with E-state index in [9.17, 15) is 4.39 Å². The third kappa shape index (κ3) is 3.45. The van der Waals surface area contributed by atoms with Crippen molar-refractivity contribution in [3.05, 3.63) is 68.9 Å². The second-order valence-electron chi connectivity index (χ2n) is 5.00. The summed E-state index contributed by atoms with van der Waals surface area (Å²) in [6, 6.07) is 11.0. The average Bonchev–Trinajstić information content (AvgIpc) is 2.43. The van der Waals surface area contributed by atoms with Gasteiger partial charge in [-0.15, -0.1) is 0 Å². The van der Waals surface area contributed by atoms with E-state index < -0.39 is 0 Å². The van der Waals surface area contributed by atoms with Crippen molar-refractivity contribution in [2.24, 2.45) is 5.84 Å². The van der Waals surface area contributed by atoms with Gasteiger partial charge in [0, 0.05) is 4.47 Å². The highest BCUT2D eigenvalue weighted by Crippen LogP contribution is 2.23. The molecule has 4 heteroatoms. The predicted molar refractivity (Wildman–Crippen MR) is 83.8 cm³/mol. The Labute approximate surface area is 127 Å². The topological polar surface area (TPSA) is 38.0 Å². The first-order valence-electron chi connectivity index (χ1n) is 6.48. The van der Waals surface area contributed by atoms with Crippen LogP contribution in [0, 0.1) is 19.7 Å². The summed E-state index contributed by atoms with van der Waals surface area (Å²) in [5.41, 5.74) is 6.92. The number of halogens is 2. The van der Waals surface area contributed by atoms with Crippen molar-refractivity contribution in [1.29, 1.82) is 0 Å². The van der Waals surface area contributed by atoms with Crippen molar-refractivity contribution in [1.82, 2.24) is 5.43 Å². The van der Waals surface area contributed by atoms with Crippen molar-refractivity contribution in [2.45, 2.75) is 26.3 Å². The number of hydrogen-bond donors (Lipinski definition) is 2. The zero-order chi connectivity index (χ0) is 14.7. The number of nitrogens with two attached hydrogens (primary N) is 1. The highest BCUT2D eigenvalue weighted by Gasteiger charge is 2.14. The van der Waals surface area contributed by atoms with Crippen LogP contribution in [0.5, 0.6) is 0 Å². The van der Waals surface area contributed by atoms with E-state index in [0.717, 1.165) is 10.0 Å². The normalized spacial score (nSPS) is 12.4. The van der Waals surface area contributed by atoms with Crippen LogP contribution >= 0.6 is 15.9 Å². The molecule has 0 aliphatic rings. The Morgan fingerprint density at radius 3 is 2.55 bits per heavy atom. The summed E-state index contributed by atoms with van der Waals surface area (Å²) in [5.74, 6) is 5.43. The van der Waals surface area contributed by atoms with Crippen molar-refractivity contribution in [2.75, 3.05) is 0 Å². The van der Waals surface area contributed by atoms with Gasteiger partial charge >= 0.3 is 0 Å². The highest BCUT2D eigenvalue weighted by molar-refractivity contribution is 9.10. The molecule has 2 aromatic carbocycles. The molecule has 3 N–H and O–H groups in total. The molecule has 2 nitrogen and oxygen atoms in total. The number of benzene rings is 2. The van der Waals surface area contributed by atoms with Gasteiger partial charge in [0.15, 0.2) is 0 Å². The maximum absolute atomic E-state index is 13.8. The molecule has 2 rings (SSSR count). The van der Waals surface area contributed by atoms with Crippen molar-refractivity contribution in [3.63, 3.8) is 0 Å². The molecule has 1 atom stereocenters. The minimum atomic E-state index is -0.211. The van der Waals surface area contributed by atoms with Crippen molar-refractivity contribution >= 4 is 15.9 Å². The molecule has 106 valence electrons. The van der Waals surface area contributed by atoms with E-state index in [0.29, 0.717) is 12.0 Å². The number of hydrogen-bond acceptors (Lipinski definition) is 2. The minimum Gasteiger partial charge on any atom is -0.271 e. The summed E-state index contributed by atoms with van der Waals surface area (Å²) in [6.45, 7) is 4.13. The molecule has 0 amide bonds. The van der Waals surface area contributed by atoms with Gasteiger partial charge in [-0.3, -0.25) is 11.3 Å². The number of hydrazine groups is 1. The second kappa shape index (κ2) is 6.48. The van der Waals surface area contributed by atoms with Crippen molar-refractivity contribution in [3.8, 4) is 0 Å². The number of nitrogens with one attached hydrogen (secondary N) is 1. The van der Waals surface area contributed by atoms with Gasteiger partial charge in [0.25, 0.3) is 0 Å². The fourth-order valence-corrected chi connectivity index (χ4v) is 2.58. The molecule has 0 heterocycles. The lowest BCUT2D eigenvalue weighted by molar-refractivity contribution is 0.528. The van der Waals surface area contributed by atoms with E-state index >= 15 is 0 Å². The van der Waals surface area contributed by atoms with Crippen LogP contribution in [-0.4, -0.2) is 0 Å². The fourth-order valence-electron chi connectivity index (χ4n) is 2.17. The molecule has 2 aromatic rings. The fraction of sp³-hybridized carbons (Fsp3) is 0.250. The van der Waals surface area contributed by atoms with Gasteiger partial charge in [-0.1, -0.05) is 34.1 Å². The van der Waals surface area contributed by atoms with Gasteiger partial charge < -0.3 is 0 Å². The van der Waals surface area contributed by atoms with Gasteiger partial charge in [0.2, 0.25) is 0 Å². The predicted octanol–water partition coefficient (Wildman–Crippen LogP) is 3.95. The Hall–Kier alpha value is -1.23. The smallest absolute Gasteiger partial charge is 0.126 e. The van der Waals surface area contributed by atoms with Crippen LogP contribution in [0.4, 0.5) is 4.39 Å².